The molecule has 0 saturated carbocycles. The molecule has 2 fully saturated rings. The number of ether oxygens (including phenoxy) is 1. The summed E-state index contributed by atoms with van der Waals surface area (Å²) in [6.45, 7) is 6.63. The fraction of sp³-hybridized carbons (Fsp3) is 0.667. The Labute approximate surface area is 181 Å². The summed E-state index contributed by atoms with van der Waals surface area (Å²) in [6, 6.07) is 11.4. The molecule has 7 heteroatoms. The fourth-order valence-corrected chi connectivity index (χ4v) is 4.33. The van der Waals surface area contributed by atoms with Crippen molar-refractivity contribution in [3.05, 3.63) is 35.9 Å². The third-order valence-corrected chi connectivity index (χ3v) is 6.16. The first-order valence-corrected chi connectivity index (χ1v) is 9.94. The van der Waals surface area contributed by atoms with E-state index < -0.39 is 0 Å². The van der Waals surface area contributed by atoms with Gasteiger partial charge in [-0.2, -0.15) is 0 Å². The van der Waals surface area contributed by atoms with E-state index in [1.54, 1.807) is 7.11 Å². The van der Waals surface area contributed by atoms with Crippen LogP contribution < -0.4 is 10.6 Å². The van der Waals surface area contributed by atoms with E-state index in [0.717, 1.165) is 51.9 Å². The highest BCUT2D eigenvalue weighted by Gasteiger charge is 2.40. The van der Waals surface area contributed by atoms with Crippen LogP contribution in [-0.4, -0.2) is 56.7 Å². The van der Waals surface area contributed by atoms with E-state index in [2.05, 4.69) is 52.8 Å². The predicted molar refractivity (Wildman–Crippen MR) is 119 cm³/mol. The minimum Gasteiger partial charge on any atom is -0.384 e. The largest absolute Gasteiger partial charge is 0.384 e. The molecule has 2 aliphatic rings. The quantitative estimate of drug-likeness (QED) is 0.725. The van der Waals surface area contributed by atoms with Crippen LogP contribution in [0.1, 0.15) is 44.2 Å². The highest BCUT2D eigenvalue weighted by molar-refractivity contribution is 5.85. The predicted octanol–water partition coefficient (Wildman–Crippen LogP) is 3.19. The smallest absolute Gasteiger partial charge is 0.228 e. The number of hydrogen-bond donors (Lipinski definition) is 2. The number of hydrogen-bond acceptors (Lipinski definition) is 4. The first-order chi connectivity index (χ1) is 12.6. The first-order valence-electron chi connectivity index (χ1n) is 9.94. The van der Waals surface area contributed by atoms with Gasteiger partial charge in [0.15, 0.2) is 0 Å². The second kappa shape index (κ2) is 12.0. The minimum absolute atomic E-state index is 0. The SMILES string of the molecule is COCC1(C(=O)NC2CCN(C(C)c3ccccc3)CC2)CCNCC1.Cl.Cl. The van der Waals surface area contributed by atoms with Gasteiger partial charge in [-0.15, -0.1) is 24.8 Å². The molecule has 28 heavy (non-hydrogen) atoms. The number of nitrogens with one attached hydrogen (secondary N) is 2. The molecular weight excluding hydrogens is 397 g/mol. The molecule has 0 spiro atoms. The van der Waals surface area contributed by atoms with E-state index in [9.17, 15) is 4.79 Å². The van der Waals surface area contributed by atoms with Crippen LogP contribution in [0.15, 0.2) is 30.3 Å². The fourth-order valence-electron chi connectivity index (χ4n) is 4.33. The van der Waals surface area contributed by atoms with Crippen LogP contribution in [-0.2, 0) is 9.53 Å². The van der Waals surface area contributed by atoms with Crippen molar-refractivity contribution >= 4 is 30.7 Å². The van der Waals surface area contributed by atoms with E-state index in [0.29, 0.717) is 12.6 Å². The van der Waals surface area contributed by atoms with Crippen LogP contribution in [0.25, 0.3) is 0 Å². The Balaban J connectivity index is 0.00000196. The van der Waals surface area contributed by atoms with Crippen LogP contribution in [0, 0.1) is 5.41 Å². The van der Waals surface area contributed by atoms with Crippen LogP contribution in [0.3, 0.4) is 0 Å². The number of carbonyl (C=O) groups excluding carboxylic acids is 1. The Morgan fingerprint density at radius 1 is 1.21 bits per heavy atom. The second-order valence-corrected chi connectivity index (χ2v) is 7.83. The maximum absolute atomic E-state index is 13.0. The highest BCUT2D eigenvalue weighted by Crippen LogP contribution is 2.30. The number of methoxy groups -OCH3 is 1. The summed E-state index contributed by atoms with van der Waals surface area (Å²) in [5.41, 5.74) is 1.01. The van der Waals surface area contributed by atoms with E-state index in [-0.39, 0.29) is 42.2 Å². The molecule has 0 aliphatic carbocycles. The van der Waals surface area contributed by atoms with Crippen molar-refractivity contribution in [2.75, 3.05) is 39.9 Å². The van der Waals surface area contributed by atoms with Gasteiger partial charge >= 0.3 is 0 Å². The van der Waals surface area contributed by atoms with Crippen LogP contribution in [0.2, 0.25) is 0 Å². The van der Waals surface area contributed by atoms with E-state index in [1.807, 2.05) is 0 Å². The van der Waals surface area contributed by atoms with E-state index in [1.165, 1.54) is 5.56 Å². The highest BCUT2D eigenvalue weighted by atomic mass is 35.5. The van der Waals surface area contributed by atoms with E-state index >= 15 is 0 Å². The third kappa shape index (κ3) is 6.07. The molecule has 2 N–H and O–H groups in total. The average molecular weight is 432 g/mol. The lowest BCUT2D eigenvalue weighted by atomic mass is 9.78. The van der Waals surface area contributed by atoms with Gasteiger partial charge < -0.3 is 15.4 Å². The van der Waals surface area contributed by atoms with Crippen molar-refractivity contribution in [2.24, 2.45) is 5.41 Å². The molecule has 1 atom stereocenters. The number of nitrogens with zero attached hydrogens (tertiary/aromatic N) is 1. The Kier molecular flexibility index (Phi) is 10.8. The summed E-state index contributed by atoms with van der Waals surface area (Å²) in [6.07, 6.45) is 3.75. The van der Waals surface area contributed by atoms with Crippen LogP contribution >= 0.6 is 24.8 Å². The maximum atomic E-state index is 13.0. The van der Waals surface area contributed by atoms with Gasteiger partial charge in [0.25, 0.3) is 0 Å². The molecule has 1 unspecified atom stereocenters. The zero-order chi connectivity index (χ0) is 18.4. The molecule has 1 aromatic carbocycles. The first kappa shape index (κ1) is 25.2. The molecule has 3 rings (SSSR count). The number of rotatable bonds is 6. The van der Waals surface area contributed by atoms with Gasteiger partial charge in [0, 0.05) is 32.3 Å². The molecular formula is C21H35Cl2N3O2. The summed E-state index contributed by atoms with van der Waals surface area (Å²) in [7, 11) is 1.69. The molecule has 0 radical (unpaired) electrons. The zero-order valence-corrected chi connectivity index (χ0v) is 18.6. The molecule has 0 aromatic heterocycles. The molecule has 1 amide bonds. The number of carbonyl (C=O) groups is 1. The number of piperidine rings is 2. The molecule has 2 heterocycles. The lowest BCUT2D eigenvalue weighted by Gasteiger charge is -2.40. The summed E-state index contributed by atoms with van der Waals surface area (Å²) >= 11 is 0. The second-order valence-electron chi connectivity index (χ2n) is 7.83. The molecule has 5 nitrogen and oxygen atoms in total. The van der Waals surface area contributed by atoms with Gasteiger partial charge in [-0.1, -0.05) is 30.3 Å². The van der Waals surface area contributed by atoms with Gasteiger partial charge in [-0.05, 0) is 51.3 Å². The summed E-state index contributed by atoms with van der Waals surface area (Å²) in [4.78, 5) is 15.5. The average Bonchev–Trinajstić information content (AvgIpc) is 2.69. The summed E-state index contributed by atoms with van der Waals surface area (Å²) < 4.78 is 5.40. The van der Waals surface area contributed by atoms with Crippen molar-refractivity contribution in [1.29, 1.82) is 0 Å². The third-order valence-electron chi connectivity index (χ3n) is 6.16. The number of benzene rings is 1. The van der Waals surface area contributed by atoms with Gasteiger partial charge in [-0.25, -0.2) is 0 Å². The van der Waals surface area contributed by atoms with E-state index in [4.69, 9.17) is 4.74 Å². The topological polar surface area (TPSA) is 53.6 Å². The molecule has 0 bridgehead atoms. The van der Waals surface area contributed by atoms with Crippen molar-refractivity contribution < 1.29 is 9.53 Å². The van der Waals surface area contributed by atoms with Crippen molar-refractivity contribution in [3.63, 3.8) is 0 Å². The van der Waals surface area contributed by atoms with Gasteiger partial charge in [-0.3, -0.25) is 9.69 Å². The lowest BCUT2D eigenvalue weighted by Crippen LogP contribution is -2.54. The normalized spacial score (nSPS) is 21.1. The minimum atomic E-state index is -0.353. The van der Waals surface area contributed by atoms with Gasteiger partial charge in [0.05, 0.1) is 12.0 Å². The molecule has 160 valence electrons. The van der Waals surface area contributed by atoms with Crippen molar-refractivity contribution in [3.8, 4) is 0 Å². The monoisotopic (exact) mass is 431 g/mol. The van der Waals surface area contributed by atoms with Crippen molar-refractivity contribution in [2.45, 2.75) is 44.7 Å². The number of amides is 1. The summed E-state index contributed by atoms with van der Waals surface area (Å²) in [5, 5.41) is 6.69. The Morgan fingerprint density at radius 3 is 2.39 bits per heavy atom. The summed E-state index contributed by atoms with van der Waals surface area (Å²) in [5.74, 6) is 0.190. The molecule has 2 saturated heterocycles. The Hall–Kier alpha value is -0.850. The Morgan fingerprint density at radius 2 is 1.82 bits per heavy atom. The van der Waals surface area contributed by atoms with Crippen LogP contribution in [0.4, 0.5) is 0 Å². The number of halogens is 2. The zero-order valence-electron chi connectivity index (χ0n) is 17.0. The van der Waals surface area contributed by atoms with Gasteiger partial charge in [0.1, 0.15) is 0 Å². The number of likely N-dealkylation sites (tertiary alicyclic amines) is 1. The lowest BCUT2D eigenvalue weighted by molar-refractivity contribution is -0.137. The van der Waals surface area contributed by atoms with Crippen LogP contribution in [0.5, 0.6) is 0 Å². The standard InChI is InChI=1S/C21H33N3O2.2ClH/c1-17(18-6-4-3-5-7-18)24-14-8-19(9-15-24)23-20(25)21(16-26-2)10-12-22-13-11-21;;/h3-7,17,19,22H,8-16H2,1-2H3,(H,23,25);2*1H. The molecule has 2 aliphatic heterocycles. The Bertz CT molecular complexity index is 569. The molecule has 1 aromatic rings. The van der Waals surface area contributed by atoms with Gasteiger partial charge in [0.2, 0.25) is 5.91 Å². The maximum Gasteiger partial charge on any atom is 0.228 e. The van der Waals surface area contributed by atoms with Crippen molar-refractivity contribution in [1.82, 2.24) is 15.5 Å².